The minimum absolute atomic E-state index is 0.0255. The predicted octanol–water partition coefficient (Wildman–Crippen LogP) is 8.62. The van der Waals surface area contributed by atoms with Crippen molar-refractivity contribution in [3.63, 3.8) is 0 Å². The van der Waals surface area contributed by atoms with Crippen molar-refractivity contribution < 1.29 is 13.6 Å². The van der Waals surface area contributed by atoms with Crippen LogP contribution in [0.25, 0.3) is 0 Å². The zero-order valence-corrected chi connectivity index (χ0v) is 20.5. The van der Waals surface area contributed by atoms with E-state index in [1.807, 2.05) is 19.9 Å². The molecule has 0 aliphatic heterocycles. The van der Waals surface area contributed by atoms with Gasteiger partial charge in [0, 0.05) is 18.4 Å². The van der Waals surface area contributed by atoms with E-state index < -0.39 is 11.8 Å². The normalized spacial score (nSPS) is 25.0. The maximum atomic E-state index is 14.5. The lowest BCUT2D eigenvalue weighted by atomic mass is 9.76. The van der Waals surface area contributed by atoms with Gasteiger partial charge in [0.2, 0.25) is 0 Å². The summed E-state index contributed by atoms with van der Waals surface area (Å²) in [6.07, 6.45) is 22.8. The second-order valence-corrected chi connectivity index (χ2v) is 9.96. The molecule has 3 heteroatoms. The summed E-state index contributed by atoms with van der Waals surface area (Å²) in [7, 11) is 0. The third-order valence-corrected chi connectivity index (χ3v) is 7.48. The van der Waals surface area contributed by atoms with Gasteiger partial charge in [-0.05, 0) is 104 Å². The molecule has 0 fully saturated rings. The van der Waals surface area contributed by atoms with Gasteiger partial charge in [-0.3, -0.25) is 4.79 Å². The van der Waals surface area contributed by atoms with E-state index in [1.54, 1.807) is 12.2 Å². The van der Waals surface area contributed by atoms with Gasteiger partial charge in [-0.25, -0.2) is 8.78 Å². The Morgan fingerprint density at radius 3 is 2.56 bits per heavy atom. The smallest absolute Gasteiger partial charge is 0.270 e. The van der Waals surface area contributed by atoms with Crippen LogP contribution in [0, 0.1) is 5.92 Å². The van der Waals surface area contributed by atoms with Gasteiger partial charge in [0.05, 0.1) is 0 Å². The maximum Gasteiger partial charge on any atom is 0.270 e. The molecule has 0 saturated carbocycles. The van der Waals surface area contributed by atoms with Crippen LogP contribution < -0.4 is 0 Å². The number of halogens is 2. The Bertz CT molecular complexity index is 1150. The first-order valence-corrected chi connectivity index (χ1v) is 12.3. The largest absolute Gasteiger partial charge is 0.290 e. The molecular formula is C31H34F2O. The molecule has 0 aromatic carbocycles. The summed E-state index contributed by atoms with van der Waals surface area (Å²) < 4.78 is 29.1. The molecule has 4 rings (SSSR count). The summed E-state index contributed by atoms with van der Waals surface area (Å²) >= 11 is 0. The fraction of sp³-hybridized carbons (Fsp3) is 0.387. The number of alkyl halides is 2. The van der Waals surface area contributed by atoms with Crippen LogP contribution in [0.4, 0.5) is 8.78 Å². The zero-order valence-electron chi connectivity index (χ0n) is 20.5. The highest BCUT2D eigenvalue weighted by molar-refractivity contribution is 6.04. The summed E-state index contributed by atoms with van der Waals surface area (Å²) in [6.45, 7) is 8.67. The SMILES string of the molecule is C=C1C(C(C)(F)F)=CC(C2=CCCCC2)=CC1/C(C)=C(\C)C(=O)/C=C1\CC=C(C2=CC=CC2)C1. The first-order chi connectivity index (χ1) is 16.1. The Morgan fingerprint density at radius 2 is 1.91 bits per heavy atom. The average Bonchev–Trinajstić information content (AvgIpc) is 3.50. The number of carbonyl (C=O) groups is 1. The molecule has 4 aliphatic rings. The molecule has 0 saturated heterocycles. The highest BCUT2D eigenvalue weighted by atomic mass is 19.3. The van der Waals surface area contributed by atoms with Crippen molar-refractivity contribution in [3.05, 3.63) is 105 Å². The van der Waals surface area contributed by atoms with Gasteiger partial charge in [0.25, 0.3) is 5.92 Å². The van der Waals surface area contributed by atoms with E-state index in [0.717, 1.165) is 74.2 Å². The highest BCUT2D eigenvalue weighted by Gasteiger charge is 2.36. The quantitative estimate of drug-likeness (QED) is 0.363. The molecule has 4 aliphatic carbocycles. The molecule has 1 atom stereocenters. The predicted molar refractivity (Wildman–Crippen MR) is 137 cm³/mol. The van der Waals surface area contributed by atoms with Gasteiger partial charge in [-0.15, -0.1) is 0 Å². The van der Waals surface area contributed by atoms with Crippen LogP contribution in [0.5, 0.6) is 0 Å². The molecule has 1 nitrogen and oxygen atoms in total. The molecular weight excluding hydrogens is 426 g/mol. The van der Waals surface area contributed by atoms with Gasteiger partial charge in [-0.2, -0.15) is 0 Å². The van der Waals surface area contributed by atoms with E-state index in [0.29, 0.717) is 11.1 Å². The van der Waals surface area contributed by atoms with E-state index in [9.17, 15) is 13.6 Å². The molecule has 0 aromatic heterocycles. The van der Waals surface area contributed by atoms with E-state index in [-0.39, 0.29) is 11.4 Å². The fourth-order valence-electron chi connectivity index (χ4n) is 5.24. The van der Waals surface area contributed by atoms with E-state index in [2.05, 4.69) is 37.0 Å². The van der Waals surface area contributed by atoms with E-state index >= 15 is 0 Å². The van der Waals surface area contributed by atoms with Crippen molar-refractivity contribution in [3.8, 4) is 0 Å². The molecule has 0 radical (unpaired) electrons. The van der Waals surface area contributed by atoms with Crippen molar-refractivity contribution in [2.45, 2.75) is 71.6 Å². The molecule has 178 valence electrons. The van der Waals surface area contributed by atoms with Crippen LogP contribution in [0.2, 0.25) is 0 Å². The average molecular weight is 461 g/mol. The van der Waals surface area contributed by atoms with Crippen molar-refractivity contribution in [1.29, 1.82) is 0 Å². The van der Waals surface area contributed by atoms with Crippen LogP contribution in [-0.4, -0.2) is 11.7 Å². The van der Waals surface area contributed by atoms with Crippen molar-refractivity contribution in [1.82, 2.24) is 0 Å². The second-order valence-electron chi connectivity index (χ2n) is 9.96. The molecule has 0 amide bonds. The van der Waals surface area contributed by atoms with Crippen LogP contribution in [0.15, 0.2) is 105 Å². The van der Waals surface area contributed by atoms with Crippen LogP contribution in [0.1, 0.15) is 65.7 Å². The fourth-order valence-corrected chi connectivity index (χ4v) is 5.24. The van der Waals surface area contributed by atoms with Crippen LogP contribution in [-0.2, 0) is 4.79 Å². The Balaban J connectivity index is 1.59. The second kappa shape index (κ2) is 9.82. The first kappa shape index (κ1) is 24.3. The minimum Gasteiger partial charge on any atom is -0.290 e. The van der Waals surface area contributed by atoms with Crippen molar-refractivity contribution in [2.24, 2.45) is 5.92 Å². The Morgan fingerprint density at radius 1 is 1.12 bits per heavy atom. The molecule has 0 aromatic rings. The van der Waals surface area contributed by atoms with Gasteiger partial charge < -0.3 is 0 Å². The zero-order chi connectivity index (χ0) is 24.5. The Hall–Kier alpha value is -2.81. The number of hydrogen-bond donors (Lipinski definition) is 0. The number of rotatable bonds is 6. The Labute approximate surface area is 202 Å². The third-order valence-electron chi connectivity index (χ3n) is 7.48. The summed E-state index contributed by atoms with van der Waals surface area (Å²) in [5, 5.41) is 0. The van der Waals surface area contributed by atoms with Gasteiger partial charge in [0.15, 0.2) is 5.78 Å². The number of hydrogen-bond acceptors (Lipinski definition) is 1. The molecule has 0 bridgehead atoms. The lowest BCUT2D eigenvalue weighted by Gasteiger charge is -2.30. The first-order valence-electron chi connectivity index (χ1n) is 12.3. The maximum absolute atomic E-state index is 14.5. The number of carbonyl (C=O) groups excluding carboxylic acids is 1. The van der Waals surface area contributed by atoms with Crippen LogP contribution in [0.3, 0.4) is 0 Å². The van der Waals surface area contributed by atoms with Crippen LogP contribution >= 0.6 is 0 Å². The summed E-state index contributed by atoms with van der Waals surface area (Å²) in [6, 6.07) is 0. The van der Waals surface area contributed by atoms with E-state index in [1.165, 1.54) is 11.1 Å². The number of allylic oxidation sites excluding steroid dienone is 17. The van der Waals surface area contributed by atoms with Crippen molar-refractivity contribution in [2.75, 3.05) is 0 Å². The standard InChI is InChI=1S/C31H34F2O/c1-20(21(2)30(34)17-23-14-15-26(16-23)24-12-8-9-13-24)28-18-27(25-10-6-5-7-11-25)19-29(22(28)3)31(4,32)33/h8-10,12,15,17-19,28H,3,5-7,11,13-14,16H2,1-2,4H3/b21-20+,23-17+. The lowest BCUT2D eigenvalue weighted by Crippen LogP contribution is -2.23. The summed E-state index contributed by atoms with van der Waals surface area (Å²) in [5.41, 5.74) is 7.49. The number of ketones is 1. The van der Waals surface area contributed by atoms with E-state index in [4.69, 9.17) is 0 Å². The molecule has 0 spiro atoms. The lowest BCUT2D eigenvalue weighted by molar-refractivity contribution is -0.111. The molecule has 34 heavy (non-hydrogen) atoms. The van der Waals surface area contributed by atoms with Gasteiger partial charge in [0.1, 0.15) is 0 Å². The highest BCUT2D eigenvalue weighted by Crippen LogP contribution is 2.43. The minimum atomic E-state index is -2.99. The summed E-state index contributed by atoms with van der Waals surface area (Å²) in [4.78, 5) is 13.2. The molecule has 0 N–H and O–H groups in total. The van der Waals surface area contributed by atoms with Gasteiger partial charge >= 0.3 is 0 Å². The monoisotopic (exact) mass is 460 g/mol. The third kappa shape index (κ3) is 5.14. The molecule has 0 heterocycles. The molecule has 1 unspecified atom stereocenters. The summed E-state index contributed by atoms with van der Waals surface area (Å²) in [5.74, 6) is -3.43. The van der Waals surface area contributed by atoms with Crippen molar-refractivity contribution >= 4 is 5.78 Å². The Kier molecular flexibility index (Phi) is 7.02. The topological polar surface area (TPSA) is 17.1 Å². The van der Waals surface area contributed by atoms with Gasteiger partial charge in [-0.1, -0.05) is 54.2 Å².